The molecule has 0 unspecified atom stereocenters. The SMILES string of the molecule is CN=C(NCCOCc1ccccc1)N1CCC(C(=O)N2CCOCC2)CC1.I. The minimum absolute atomic E-state index is 0. The molecule has 0 bridgehead atoms. The topological polar surface area (TPSA) is 66.4 Å². The molecule has 2 saturated heterocycles. The predicted molar refractivity (Wildman–Crippen MR) is 125 cm³/mol. The van der Waals surface area contributed by atoms with Gasteiger partial charge in [-0.2, -0.15) is 0 Å². The van der Waals surface area contributed by atoms with E-state index in [1.165, 1.54) is 5.56 Å². The maximum Gasteiger partial charge on any atom is 0.225 e. The van der Waals surface area contributed by atoms with E-state index in [9.17, 15) is 4.79 Å². The number of hydrogen-bond donors (Lipinski definition) is 1. The van der Waals surface area contributed by atoms with Crippen LogP contribution in [0.5, 0.6) is 0 Å². The van der Waals surface area contributed by atoms with Crippen molar-refractivity contribution in [3.63, 3.8) is 0 Å². The minimum atomic E-state index is 0. The molecule has 29 heavy (non-hydrogen) atoms. The molecule has 8 heteroatoms. The van der Waals surface area contributed by atoms with Crippen molar-refractivity contribution < 1.29 is 14.3 Å². The molecule has 1 aromatic carbocycles. The van der Waals surface area contributed by atoms with Crippen LogP contribution in [0.15, 0.2) is 35.3 Å². The third-order valence-corrected chi connectivity index (χ3v) is 5.32. The van der Waals surface area contributed by atoms with Gasteiger partial charge in [0.1, 0.15) is 0 Å². The quantitative estimate of drug-likeness (QED) is 0.271. The largest absolute Gasteiger partial charge is 0.378 e. The zero-order valence-corrected chi connectivity index (χ0v) is 19.5. The lowest BCUT2D eigenvalue weighted by molar-refractivity contribution is -0.140. The molecule has 0 radical (unpaired) electrons. The Hall–Kier alpha value is -1.39. The lowest BCUT2D eigenvalue weighted by Gasteiger charge is -2.36. The molecule has 0 saturated carbocycles. The predicted octanol–water partition coefficient (Wildman–Crippen LogP) is 1.97. The number of carbonyl (C=O) groups is 1. The standard InChI is InChI=1S/C21H32N4O3.HI/c1-22-21(23-9-14-28-17-18-5-3-2-4-6-18)25-10-7-19(8-11-25)20(26)24-12-15-27-16-13-24;/h2-6,19H,7-17H2,1H3,(H,22,23);1H. The van der Waals surface area contributed by atoms with Crippen LogP contribution in [-0.4, -0.2) is 81.3 Å². The molecule has 0 aromatic heterocycles. The zero-order chi connectivity index (χ0) is 19.6. The summed E-state index contributed by atoms with van der Waals surface area (Å²) in [4.78, 5) is 21.2. The van der Waals surface area contributed by atoms with Gasteiger partial charge in [-0.1, -0.05) is 30.3 Å². The Balaban J connectivity index is 0.00000300. The second-order valence-electron chi connectivity index (χ2n) is 7.21. The number of piperidine rings is 1. The van der Waals surface area contributed by atoms with E-state index in [2.05, 4.69) is 27.3 Å². The lowest BCUT2D eigenvalue weighted by atomic mass is 9.95. The molecular formula is C21H33IN4O3. The van der Waals surface area contributed by atoms with Crippen molar-refractivity contribution in [2.45, 2.75) is 19.4 Å². The van der Waals surface area contributed by atoms with Gasteiger partial charge in [-0.05, 0) is 18.4 Å². The molecule has 0 atom stereocenters. The Morgan fingerprint density at radius 1 is 1.14 bits per heavy atom. The molecule has 0 aliphatic carbocycles. The summed E-state index contributed by atoms with van der Waals surface area (Å²) in [6.45, 7) is 6.44. The van der Waals surface area contributed by atoms with Gasteiger partial charge < -0.3 is 24.6 Å². The Morgan fingerprint density at radius 3 is 2.48 bits per heavy atom. The van der Waals surface area contributed by atoms with Crippen LogP contribution in [0.4, 0.5) is 0 Å². The number of ether oxygens (including phenoxy) is 2. The van der Waals surface area contributed by atoms with Crippen molar-refractivity contribution in [1.82, 2.24) is 15.1 Å². The van der Waals surface area contributed by atoms with Gasteiger partial charge in [0.05, 0.1) is 26.4 Å². The number of nitrogens with one attached hydrogen (secondary N) is 1. The Bertz CT molecular complexity index is 630. The number of hydrogen-bond acceptors (Lipinski definition) is 4. The number of nitrogens with zero attached hydrogens (tertiary/aromatic N) is 3. The number of likely N-dealkylation sites (tertiary alicyclic amines) is 1. The number of benzene rings is 1. The third-order valence-electron chi connectivity index (χ3n) is 5.32. The van der Waals surface area contributed by atoms with Gasteiger partial charge in [-0.25, -0.2) is 0 Å². The number of amides is 1. The van der Waals surface area contributed by atoms with E-state index in [4.69, 9.17) is 9.47 Å². The highest BCUT2D eigenvalue weighted by Gasteiger charge is 2.30. The summed E-state index contributed by atoms with van der Waals surface area (Å²) in [5.74, 6) is 1.31. The van der Waals surface area contributed by atoms with E-state index in [0.29, 0.717) is 38.9 Å². The normalized spacial score (nSPS) is 18.3. The molecule has 1 aromatic rings. The fourth-order valence-corrected chi connectivity index (χ4v) is 3.71. The highest BCUT2D eigenvalue weighted by Crippen LogP contribution is 2.20. The maximum absolute atomic E-state index is 12.6. The van der Waals surface area contributed by atoms with E-state index < -0.39 is 0 Å². The average molecular weight is 516 g/mol. The molecule has 2 heterocycles. The van der Waals surface area contributed by atoms with Gasteiger partial charge in [0.25, 0.3) is 0 Å². The lowest BCUT2D eigenvalue weighted by Crippen LogP contribution is -2.50. The molecule has 7 nitrogen and oxygen atoms in total. The van der Waals surface area contributed by atoms with Crippen molar-refractivity contribution in [3.8, 4) is 0 Å². The Morgan fingerprint density at radius 2 is 1.83 bits per heavy atom. The molecule has 2 aliphatic rings. The van der Waals surface area contributed by atoms with Crippen LogP contribution in [-0.2, 0) is 20.9 Å². The van der Waals surface area contributed by atoms with Gasteiger partial charge in [0, 0.05) is 45.7 Å². The average Bonchev–Trinajstić information content (AvgIpc) is 2.77. The van der Waals surface area contributed by atoms with E-state index in [-0.39, 0.29) is 29.9 Å². The fourth-order valence-electron chi connectivity index (χ4n) is 3.71. The van der Waals surface area contributed by atoms with Gasteiger partial charge >= 0.3 is 0 Å². The number of aliphatic imine (C=N–C) groups is 1. The summed E-state index contributed by atoms with van der Waals surface area (Å²) in [5.41, 5.74) is 1.18. The van der Waals surface area contributed by atoms with Crippen molar-refractivity contribution in [2.75, 3.05) is 59.6 Å². The number of carbonyl (C=O) groups excluding carboxylic acids is 1. The number of guanidine groups is 1. The van der Waals surface area contributed by atoms with Crippen molar-refractivity contribution in [3.05, 3.63) is 35.9 Å². The smallest absolute Gasteiger partial charge is 0.225 e. The summed E-state index contributed by atoms with van der Waals surface area (Å²) in [6, 6.07) is 10.2. The number of rotatable bonds is 6. The first-order valence-corrected chi connectivity index (χ1v) is 10.2. The van der Waals surface area contributed by atoms with Gasteiger partial charge in [-0.3, -0.25) is 9.79 Å². The van der Waals surface area contributed by atoms with Crippen LogP contribution >= 0.6 is 24.0 Å². The van der Waals surface area contributed by atoms with E-state index in [1.807, 2.05) is 23.1 Å². The van der Waals surface area contributed by atoms with E-state index in [0.717, 1.165) is 45.0 Å². The Kier molecular flexibility index (Phi) is 10.7. The second-order valence-corrected chi connectivity index (χ2v) is 7.21. The van der Waals surface area contributed by atoms with Crippen LogP contribution in [0.1, 0.15) is 18.4 Å². The molecule has 2 fully saturated rings. The van der Waals surface area contributed by atoms with Crippen LogP contribution < -0.4 is 5.32 Å². The first-order chi connectivity index (χ1) is 13.8. The summed E-state index contributed by atoms with van der Waals surface area (Å²) in [5, 5.41) is 3.37. The molecular weight excluding hydrogens is 483 g/mol. The van der Waals surface area contributed by atoms with Crippen LogP contribution in [0, 0.1) is 5.92 Å². The molecule has 1 amide bonds. The van der Waals surface area contributed by atoms with Crippen molar-refractivity contribution in [2.24, 2.45) is 10.9 Å². The van der Waals surface area contributed by atoms with E-state index >= 15 is 0 Å². The summed E-state index contributed by atoms with van der Waals surface area (Å²) in [7, 11) is 1.80. The minimum Gasteiger partial charge on any atom is -0.378 e. The highest BCUT2D eigenvalue weighted by atomic mass is 127. The Labute approximate surface area is 190 Å². The summed E-state index contributed by atoms with van der Waals surface area (Å²) in [6.07, 6.45) is 1.75. The second kappa shape index (κ2) is 13.0. The van der Waals surface area contributed by atoms with Crippen LogP contribution in [0.2, 0.25) is 0 Å². The number of morpholine rings is 1. The van der Waals surface area contributed by atoms with Crippen LogP contribution in [0.3, 0.4) is 0 Å². The van der Waals surface area contributed by atoms with Gasteiger partial charge in [0.15, 0.2) is 5.96 Å². The first-order valence-electron chi connectivity index (χ1n) is 10.2. The monoisotopic (exact) mass is 516 g/mol. The molecule has 1 N–H and O–H groups in total. The van der Waals surface area contributed by atoms with Gasteiger partial charge in [0.2, 0.25) is 5.91 Å². The molecule has 3 rings (SSSR count). The number of halogens is 1. The van der Waals surface area contributed by atoms with Crippen molar-refractivity contribution in [1.29, 1.82) is 0 Å². The van der Waals surface area contributed by atoms with Crippen molar-refractivity contribution >= 4 is 35.8 Å². The first kappa shape index (κ1) is 23.9. The summed E-state index contributed by atoms with van der Waals surface area (Å²) >= 11 is 0. The summed E-state index contributed by atoms with van der Waals surface area (Å²) < 4.78 is 11.1. The zero-order valence-electron chi connectivity index (χ0n) is 17.2. The molecule has 2 aliphatic heterocycles. The fraction of sp³-hybridized carbons (Fsp3) is 0.619. The van der Waals surface area contributed by atoms with E-state index in [1.54, 1.807) is 7.05 Å². The molecule has 162 valence electrons. The van der Waals surface area contributed by atoms with Crippen LogP contribution in [0.25, 0.3) is 0 Å². The van der Waals surface area contributed by atoms with Gasteiger partial charge in [-0.15, -0.1) is 24.0 Å². The molecule has 0 spiro atoms. The third kappa shape index (κ3) is 7.42. The highest BCUT2D eigenvalue weighted by molar-refractivity contribution is 14.0. The maximum atomic E-state index is 12.6.